The molecule has 6 rings (SSSR count). The number of methoxy groups -OCH3 is 1. The molecule has 3 aliphatic heterocycles. The van der Waals surface area contributed by atoms with Crippen molar-refractivity contribution in [2.75, 3.05) is 27.2 Å². The number of rotatable bonds is 15. The van der Waals surface area contributed by atoms with E-state index in [-0.39, 0.29) is 43.7 Å². The van der Waals surface area contributed by atoms with Gasteiger partial charge in [-0.05, 0) is 91.1 Å². The molecule has 3 aromatic heterocycles. The summed E-state index contributed by atoms with van der Waals surface area (Å²) < 4.78 is 40.7. The first kappa shape index (κ1) is 51.6. The minimum Gasteiger partial charge on any atom is -0.461 e. The first-order valence-corrected chi connectivity index (χ1v) is 23.8. The molecule has 1 N–H and O–H groups in total. The molecule has 17 nitrogen and oxygen atoms in total. The molecule has 368 valence electrons. The van der Waals surface area contributed by atoms with E-state index in [9.17, 15) is 19.5 Å². The number of hydrogen-bond acceptors (Lipinski definition) is 15. The van der Waals surface area contributed by atoms with Gasteiger partial charge in [-0.25, -0.2) is 14.8 Å². The van der Waals surface area contributed by atoms with Gasteiger partial charge in [0.05, 0.1) is 48.2 Å². The number of ketones is 1. The van der Waals surface area contributed by atoms with Gasteiger partial charge >= 0.3 is 18.0 Å². The summed E-state index contributed by atoms with van der Waals surface area (Å²) in [5.74, 6) is -4.92. The number of carbonyl (C=O) groups excluding carboxylic acids is 4. The lowest BCUT2D eigenvalue weighted by molar-refractivity contribution is -0.302. The predicted molar refractivity (Wildman–Crippen MR) is 248 cm³/mol. The first-order chi connectivity index (χ1) is 31.9. The van der Waals surface area contributed by atoms with Crippen LogP contribution in [0, 0.1) is 23.7 Å². The highest BCUT2D eigenvalue weighted by Crippen LogP contribution is 2.44. The van der Waals surface area contributed by atoms with Crippen molar-refractivity contribution in [3.05, 3.63) is 67.4 Å². The van der Waals surface area contributed by atoms with Crippen molar-refractivity contribution in [1.82, 2.24) is 29.3 Å². The maximum absolute atomic E-state index is 15.0. The quantitative estimate of drug-likeness (QED) is 0.0813. The maximum Gasteiger partial charge on any atom is 0.410 e. The molecule has 17 heteroatoms. The van der Waals surface area contributed by atoms with Crippen molar-refractivity contribution in [3.8, 4) is 0 Å². The van der Waals surface area contributed by atoms with Crippen LogP contribution in [0.2, 0.25) is 0 Å². The van der Waals surface area contributed by atoms with Crippen molar-refractivity contribution in [3.63, 3.8) is 0 Å². The fourth-order valence-electron chi connectivity index (χ4n) is 10.8. The monoisotopic (exact) mass is 933 g/mol. The van der Waals surface area contributed by atoms with E-state index >= 15 is 4.79 Å². The van der Waals surface area contributed by atoms with Crippen LogP contribution in [0.1, 0.15) is 93.2 Å². The van der Waals surface area contributed by atoms with Gasteiger partial charge in [0, 0.05) is 62.9 Å². The molecule has 3 aliphatic rings. The van der Waals surface area contributed by atoms with E-state index in [4.69, 9.17) is 28.4 Å². The number of likely N-dealkylation sites (N-methyl/N-ethyl adjacent to an activating group) is 1. The van der Waals surface area contributed by atoms with E-state index in [2.05, 4.69) is 21.5 Å². The molecular weight excluding hydrogens is 861 g/mol. The number of fused-ring (bicyclic) bond motifs is 2. The summed E-state index contributed by atoms with van der Waals surface area (Å²) in [6.45, 7) is 19.6. The van der Waals surface area contributed by atoms with Crippen LogP contribution in [0.3, 0.4) is 0 Å². The highest BCUT2D eigenvalue weighted by molar-refractivity contribution is 5.85. The van der Waals surface area contributed by atoms with Crippen LogP contribution in [0.25, 0.3) is 11.2 Å². The number of Topliss-reactive ketones (excluding diaryl/α,β-unsaturated/α-hetero) is 1. The van der Waals surface area contributed by atoms with Gasteiger partial charge in [-0.1, -0.05) is 39.8 Å². The Hall–Kier alpha value is -4.81. The molecule has 67 heavy (non-hydrogen) atoms. The summed E-state index contributed by atoms with van der Waals surface area (Å²) in [5, 5.41) is 11.9. The molecule has 1 amide bonds. The SMILES string of the molecule is C=CCN(C)[C@@H]1C[C@H](C)O[C@H](O[C@@H]2[C@@H](C)[C@H](OC(=O)Cc3ccccn3)[C@@H](C)C(=O)O[C@H](CC)[C@@]3(C)OC(=O)N(CCCCn4cnc5cccnc54)[C@@H]3[C@@H](C)C(=O)[C@H](C)C[C@@]2(C)OC)[C@H]1O. The smallest absolute Gasteiger partial charge is 0.410 e. The molecule has 3 fully saturated rings. The average molecular weight is 933 g/mol. The summed E-state index contributed by atoms with van der Waals surface area (Å²) in [7, 11) is 3.41. The summed E-state index contributed by atoms with van der Waals surface area (Å²) in [6, 6.07) is 7.77. The third-order valence-electron chi connectivity index (χ3n) is 14.4. The lowest BCUT2D eigenvalue weighted by atomic mass is 9.73. The number of aromatic nitrogens is 4. The Labute approximate surface area is 394 Å². The highest BCUT2D eigenvalue weighted by Gasteiger charge is 2.60. The molecule has 0 spiro atoms. The number of nitrogens with zero attached hydrogens (tertiary/aromatic N) is 6. The van der Waals surface area contributed by atoms with Crippen LogP contribution in [-0.4, -0.2) is 146 Å². The molecule has 0 bridgehead atoms. The second kappa shape index (κ2) is 22.1. The third-order valence-corrected chi connectivity index (χ3v) is 14.4. The number of cyclic esters (lactones) is 1. The van der Waals surface area contributed by atoms with Gasteiger partial charge in [-0.3, -0.25) is 24.3 Å². The molecular formula is C50H72N6O11. The lowest BCUT2D eigenvalue weighted by Gasteiger charge is -2.48. The molecule has 14 atom stereocenters. The zero-order chi connectivity index (χ0) is 48.8. The van der Waals surface area contributed by atoms with E-state index in [1.807, 2.05) is 56.3 Å². The Morgan fingerprint density at radius 3 is 2.43 bits per heavy atom. The van der Waals surface area contributed by atoms with Gasteiger partial charge < -0.3 is 43.0 Å². The zero-order valence-corrected chi connectivity index (χ0v) is 40.9. The number of aliphatic hydroxyl groups excluding tert-OH is 1. The molecule has 0 aliphatic carbocycles. The van der Waals surface area contributed by atoms with Gasteiger partial charge in [-0.2, -0.15) is 0 Å². The molecule has 3 saturated heterocycles. The normalized spacial score (nSPS) is 34.3. The van der Waals surface area contributed by atoms with Gasteiger partial charge in [0.1, 0.15) is 29.6 Å². The predicted octanol–water partition coefficient (Wildman–Crippen LogP) is 5.95. The maximum atomic E-state index is 15.0. The topological polar surface area (TPSA) is 194 Å². The summed E-state index contributed by atoms with van der Waals surface area (Å²) >= 11 is 0. The standard InChI is InChI=1S/C50H72N6O11/c1-12-23-54(10)37-26-31(4)63-47(41(37)59)66-44-33(6)42(65-39(57)27-35-19-14-15-21-51-35)34(7)46(60)64-38(13-2)50(9)43(32(5)40(58)30(3)28-49(44,8)62-11)56(48(61)67-50)25-17-16-24-55-29-53-36-20-18-22-52-45(36)55/h12,14-15,18-22,29-34,37-38,41-44,47,59H,1,13,16-17,23-28H2,2-11H3/t30-,31+,32+,33+,34-,37-,38-,41+,42+,43-,44-,47-,49-,50-/m1/s1. The largest absolute Gasteiger partial charge is 0.461 e. The minimum atomic E-state index is -1.45. The number of unbranched alkanes of at least 4 members (excludes halogenated alkanes) is 1. The van der Waals surface area contributed by atoms with Crippen molar-refractivity contribution in [2.45, 2.75) is 161 Å². The number of carbonyl (C=O) groups is 4. The highest BCUT2D eigenvalue weighted by atomic mass is 16.7. The van der Waals surface area contributed by atoms with Crippen LogP contribution >= 0.6 is 0 Å². The zero-order valence-electron chi connectivity index (χ0n) is 40.9. The van der Waals surface area contributed by atoms with E-state index in [1.54, 1.807) is 75.6 Å². The fourth-order valence-corrected chi connectivity index (χ4v) is 10.8. The molecule has 0 aromatic carbocycles. The van der Waals surface area contributed by atoms with E-state index < -0.39 is 89.7 Å². The Balaban J connectivity index is 1.37. The molecule has 0 saturated carbocycles. The van der Waals surface area contributed by atoms with Crippen molar-refractivity contribution < 1.29 is 52.7 Å². The summed E-state index contributed by atoms with van der Waals surface area (Å²) in [6.07, 6.45) is 2.28. The minimum absolute atomic E-state index is 0.107. The number of amides is 1. The van der Waals surface area contributed by atoms with Gasteiger partial charge in [0.25, 0.3) is 0 Å². The van der Waals surface area contributed by atoms with Crippen molar-refractivity contribution >= 4 is 35.0 Å². The molecule has 0 unspecified atom stereocenters. The van der Waals surface area contributed by atoms with Gasteiger partial charge in [-0.15, -0.1) is 6.58 Å². The Kier molecular flexibility index (Phi) is 17.0. The van der Waals surface area contributed by atoms with Crippen LogP contribution in [0.5, 0.6) is 0 Å². The van der Waals surface area contributed by atoms with Gasteiger partial charge in [0.15, 0.2) is 17.5 Å². The number of ether oxygens (including phenoxy) is 6. The van der Waals surface area contributed by atoms with Crippen molar-refractivity contribution in [1.29, 1.82) is 0 Å². The Morgan fingerprint density at radius 1 is 1.01 bits per heavy atom. The number of imidazole rings is 1. The van der Waals surface area contributed by atoms with E-state index in [0.29, 0.717) is 38.0 Å². The van der Waals surface area contributed by atoms with E-state index in [1.165, 1.54) is 7.11 Å². The average Bonchev–Trinajstić information content (AvgIpc) is 3.84. The molecule has 0 radical (unpaired) electrons. The second-order valence-corrected chi connectivity index (χ2v) is 19.3. The Morgan fingerprint density at radius 2 is 1.75 bits per heavy atom. The van der Waals surface area contributed by atoms with Crippen molar-refractivity contribution in [2.24, 2.45) is 23.7 Å². The van der Waals surface area contributed by atoms with Crippen LogP contribution in [0.4, 0.5) is 4.79 Å². The number of pyridine rings is 2. The van der Waals surface area contributed by atoms with Gasteiger partial charge in [0.2, 0.25) is 0 Å². The van der Waals surface area contributed by atoms with Crippen LogP contribution in [-0.2, 0) is 55.8 Å². The first-order valence-electron chi connectivity index (χ1n) is 23.8. The number of aryl methyl sites for hydroxylation is 1. The number of esters is 2. The number of hydrogen-bond donors (Lipinski definition) is 1. The number of aliphatic hydroxyl groups is 1. The van der Waals surface area contributed by atoms with Crippen LogP contribution in [0.15, 0.2) is 61.7 Å². The third kappa shape index (κ3) is 11.2. The fraction of sp³-hybridized carbons (Fsp3) is 0.660. The second-order valence-electron chi connectivity index (χ2n) is 19.3. The lowest BCUT2D eigenvalue weighted by Crippen LogP contribution is -2.61. The van der Waals surface area contributed by atoms with E-state index in [0.717, 1.165) is 11.2 Å². The summed E-state index contributed by atoms with van der Waals surface area (Å²) in [4.78, 5) is 74.7. The summed E-state index contributed by atoms with van der Waals surface area (Å²) in [5.41, 5.74) is -0.733. The Bertz CT molecular complexity index is 2180. The van der Waals surface area contributed by atoms with Crippen LogP contribution < -0.4 is 0 Å². The molecule has 3 aromatic rings. The molecule has 6 heterocycles.